The monoisotopic (exact) mass is 398 g/mol. The minimum Gasteiger partial charge on any atom is -0.507 e. The Morgan fingerprint density at radius 2 is 1.86 bits per heavy atom. The lowest BCUT2D eigenvalue weighted by atomic mass is 9.82. The van der Waals surface area contributed by atoms with Crippen LogP contribution in [0, 0.1) is 6.92 Å². The van der Waals surface area contributed by atoms with Crippen LogP contribution in [0.5, 0.6) is 5.75 Å². The van der Waals surface area contributed by atoms with E-state index in [2.05, 4.69) is 0 Å². The molecule has 28 heavy (non-hydrogen) atoms. The quantitative estimate of drug-likeness (QED) is 0.658. The normalized spacial score (nSPS) is 18.5. The number of aliphatic hydroxyl groups excluding tert-OH is 1. The average molecular weight is 399 g/mol. The largest absolute Gasteiger partial charge is 0.507 e. The van der Waals surface area contributed by atoms with Gasteiger partial charge < -0.3 is 14.6 Å². The van der Waals surface area contributed by atoms with Gasteiger partial charge in [-0.1, -0.05) is 30.2 Å². The highest BCUT2D eigenvalue weighted by Gasteiger charge is 2.49. The van der Waals surface area contributed by atoms with E-state index in [1.165, 1.54) is 0 Å². The van der Waals surface area contributed by atoms with Gasteiger partial charge in [-0.15, -0.1) is 0 Å². The fourth-order valence-corrected chi connectivity index (χ4v) is 4.54. The van der Waals surface area contributed by atoms with E-state index < -0.39 is 11.6 Å². The van der Waals surface area contributed by atoms with Crippen LogP contribution in [0.15, 0.2) is 42.2 Å². The van der Waals surface area contributed by atoms with Gasteiger partial charge >= 0.3 is 5.97 Å². The van der Waals surface area contributed by atoms with Gasteiger partial charge in [-0.3, -0.25) is 0 Å². The summed E-state index contributed by atoms with van der Waals surface area (Å²) in [6, 6.07) is 11.3. The summed E-state index contributed by atoms with van der Waals surface area (Å²) < 4.78 is 11.0. The van der Waals surface area contributed by atoms with Gasteiger partial charge in [0.2, 0.25) is 0 Å². The molecule has 1 saturated carbocycles. The van der Waals surface area contributed by atoms with Crippen LogP contribution in [-0.4, -0.2) is 23.8 Å². The van der Waals surface area contributed by atoms with Crippen molar-refractivity contribution in [2.24, 2.45) is 0 Å². The zero-order chi connectivity index (χ0) is 19.9. The molecule has 0 atom stereocenters. The lowest BCUT2D eigenvalue weighted by molar-refractivity contribution is -0.149. The Hall–Kier alpha value is -2.46. The molecule has 5 heteroatoms. The summed E-state index contributed by atoms with van der Waals surface area (Å²) in [5, 5.41) is 11.4. The summed E-state index contributed by atoms with van der Waals surface area (Å²) in [6.45, 7) is 1.91. The molecule has 0 saturated heterocycles. The Morgan fingerprint density at radius 1 is 1.11 bits per heavy atom. The van der Waals surface area contributed by atoms with E-state index in [0.717, 1.165) is 41.7 Å². The number of aryl methyl sites for hydroxylation is 1. The third-order valence-corrected chi connectivity index (χ3v) is 6.10. The Bertz CT molecular complexity index is 971. The van der Waals surface area contributed by atoms with Crippen LogP contribution in [0.3, 0.4) is 0 Å². The van der Waals surface area contributed by atoms with Gasteiger partial charge in [0, 0.05) is 10.6 Å². The third-order valence-electron chi connectivity index (χ3n) is 5.79. The maximum absolute atomic E-state index is 12.7. The molecule has 2 aromatic rings. The van der Waals surface area contributed by atoms with Crippen LogP contribution in [0.1, 0.15) is 43.2 Å². The van der Waals surface area contributed by atoms with Gasteiger partial charge in [0.25, 0.3) is 0 Å². The predicted molar refractivity (Wildman–Crippen MR) is 110 cm³/mol. The average Bonchev–Trinajstić information content (AvgIpc) is 2.93. The molecule has 0 aromatic heterocycles. The number of hydrogen-bond acceptors (Lipinski definition) is 4. The lowest BCUT2D eigenvalue weighted by Crippen LogP contribution is -2.34. The van der Waals surface area contributed by atoms with Gasteiger partial charge in [0.05, 0.1) is 7.11 Å². The molecule has 2 aromatic carbocycles. The fourth-order valence-electron chi connectivity index (χ4n) is 4.26. The smallest absolute Gasteiger partial charge is 0.343 e. The van der Waals surface area contributed by atoms with Crippen molar-refractivity contribution in [3.8, 4) is 16.9 Å². The molecule has 1 heterocycles. The van der Waals surface area contributed by atoms with E-state index in [1.54, 1.807) is 13.2 Å². The highest BCUT2D eigenvalue weighted by Crippen LogP contribution is 2.46. The molecule has 2 aliphatic rings. The summed E-state index contributed by atoms with van der Waals surface area (Å²) in [5.41, 5.74) is 2.65. The minimum absolute atomic E-state index is 0.0606. The first-order valence-electron chi connectivity index (χ1n) is 9.57. The second-order valence-electron chi connectivity index (χ2n) is 7.55. The van der Waals surface area contributed by atoms with E-state index in [4.69, 9.17) is 21.1 Å². The number of halogens is 1. The summed E-state index contributed by atoms with van der Waals surface area (Å²) >= 11 is 6.59. The van der Waals surface area contributed by atoms with Crippen LogP contribution in [0.2, 0.25) is 5.02 Å². The Morgan fingerprint density at radius 3 is 2.57 bits per heavy atom. The highest BCUT2D eigenvalue weighted by molar-refractivity contribution is 6.34. The SMILES string of the molecule is COc1cccc(-c2cc(C)c(C3=C(O)C4(CCCCC4)OC3=O)cc2Cl)c1. The summed E-state index contributed by atoms with van der Waals surface area (Å²) in [6.07, 6.45) is 4.33. The maximum Gasteiger partial charge on any atom is 0.343 e. The second kappa shape index (κ2) is 7.17. The molecule has 146 valence electrons. The minimum atomic E-state index is -0.852. The van der Waals surface area contributed by atoms with Crippen molar-refractivity contribution in [2.45, 2.75) is 44.6 Å². The number of carbonyl (C=O) groups excluding carboxylic acids is 1. The lowest BCUT2D eigenvalue weighted by Gasteiger charge is -2.31. The molecule has 0 unspecified atom stereocenters. The van der Waals surface area contributed by atoms with Crippen molar-refractivity contribution in [3.05, 3.63) is 58.3 Å². The molecule has 0 amide bonds. The highest BCUT2D eigenvalue weighted by atomic mass is 35.5. The molecule has 0 bridgehead atoms. The molecular formula is C23H23ClO4. The van der Waals surface area contributed by atoms with Gasteiger partial charge in [0.1, 0.15) is 11.3 Å². The number of benzene rings is 2. The number of rotatable bonds is 3. The van der Waals surface area contributed by atoms with Crippen molar-refractivity contribution in [1.82, 2.24) is 0 Å². The van der Waals surface area contributed by atoms with Gasteiger partial charge in [-0.05, 0) is 73.6 Å². The number of esters is 1. The summed E-state index contributed by atoms with van der Waals surface area (Å²) in [7, 11) is 1.62. The first kappa shape index (κ1) is 18.9. The topological polar surface area (TPSA) is 55.8 Å². The van der Waals surface area contributed by atoms with Crippen molar-refractivity contribution < 1.29 is 19.4 Å². The Kier molecular flexibility index (Phi) is 4.84. The number of hydrogen-bond donors (Lipinski definition) is 1. The molecule has 1 aliphatic heterocycles. The predicted octanol–water partition coefficient (Wildman–Crippen LogP) is 5.85. The van der Waals surface area contributed by atoms with Crippen LogP contribution in [0.25, 0.3) is 16.7 Å². The van der Waals surface area contributed by atoms with Gasteiger partial charge in [0.15, 0.2) is 11.4 Å². The first-order chi connectivity index (χ1) is 13.4. The summed E-state index contributed by atoms with van der Waals surface area (Å²) in [5.74, 6) is 0.340. The third kappa shape index (κ3) is 3.06. The van der Waals surface area contributed by atoms with E-state index >= 15 is 0 Å². The zero-order valence-corrected chi connectivity index (χ0v) is 16.8. The number of aliphatic hydroxyl groups is 1. The van der Waals surface area contributed by atoms with Crippen molar-refractivity contribution in [1.29, 1.82) is 0 Å². The van der Waals surface area contributed by atoms with Crippen molar-refractivity contribution in [2.75, 3.05) is 7.11 Å². The molecule has 1 spiro atoms. The van der Waals surface area contributed by atoms with Crippen LogP contribution in [-0.2, 0) is 9.53 Å². The number of methoxy groups -OCH3 is 1. The zero-order valence-electron chi connectivity index (χ0n) is 16.0. The maximum atomic E-state index is 12.7. The molecule has 1 aliphatic carbocycles. The first-order valence-corrected chi connectivity index (χ1v) is 9.95. The Labute approximate surface area is 169 Å². The molecule has 1 fully saturated rings. The van der Waals surface area contributed by atoms with Gasteiger partial charge in [-0.25, -0.2) is 4.79 Å². The van der Waals surface area contributed by atoms with E-state index in [1.807, 2.05) is 37.3 Å². The van der Waals surface area contributed by atoms with E-state index in [9.17, 15) is 9.90 Å². The Balaban J connectivity index is 1.79. The molecule has 0 radical (unpaired) electrons. The van der Waals surface area contributed by atoms with Crippen molar-refractivity contribution in [3.63, 3.8) is 0 Å². The van der Waals surface area contributed by atoms with E-state index in [-0.39, 0.29) is 11.3 Å². The fraction of sp³-hybridized carbons (Fsp3) is 0.348. The number of carbonyl (C=O) groups is 1. The number of ether oxygens (including phenoxy) is 2. The second-order valence-corrected chi connectivity index (χ2v) is 7.95. The molecule has 4 nitrogen and oxygen atoms in total. The summed E-state index contributed by atoms with van der Waals surface area (Å²) in [4.78, 5) is 12.7. The molecule has 4 rings (SSSR count). The van der Waals surface area contributed by atoms with Crippen LogP contribution < -0.4 is 4.74 Å². The standard InChI is InChI=1S/C23H23ClO4/c1-14-11-18(15-7-6-8-16(12-15)27-2)19(24)13-17(14)20-21(25)23(28-22(20)26)9-4-3-5-10-23/h6-8,11-13,25H,3-5,9-10H2,1-2H3. The molecule has 1 N–H and O–H groups in total. The van der Waals surface area contributed by atoms with Crippen LogP contribution in [0.4, 0.5) is 0 Å². The van der Waals surface area contributed by atoms with Gasteiger partial charge in [-0.2, -0.15) is 0 Å². The van der Waals surface area contributed by atoms with Crippen molar-refractivity contribution >= 4 is 23.1 Å². The van der Waals surface area contributed by atoms with Crippen LogP contribution >= 0.6 is 11.6 Å². The molecular weight excluding hydrogens is 376 g/mol. The van der Waals surface area contributed by atoms with E-state index in [0.29, 0.717) is 23.4 Å².